The number of aromatic nitrogens is 3. The average Bonchev–Trinajstić information content (AvgIpc) is 3.09. The number of benzene rings is 1. The van der Waals surface area contributed by atoms with E-state index in [-0.39, 0.29) is 17.6 Å². The lowest BCUT2D eigenvalue weighted by atomic mass is 10.1. The SMILES string of the molecule is O=C(c1nc2ccccc2[nH]c1=O)N1CCCC1Cc1ccccn1. The van der Waals surface area contributed by atoms with Gasteiger partial charge in [-0.25, -0.2) is 4.98 Å². The number of amides is 1. The van der Waals surface area contributed by atoms with Gasteiger partial charge in [-0.1, -0.05) is 18.2 Å². The molecule has 1 unspecified atom stereocenters. The zero-order valence-electron chi connectivity index (χ0n) is 13.7. The highest BCUT2D eigenvalue weighted by molar-refractivity contribution is 5.94. The summed E-state index contributed by atoms with van der Waals surface area (Å²) in [6.07, 6.45) is 4.28. The Morgan fingerprint density at radius 1 is 1.20 bits per heavy atom. The van der Waals surface area contributed by atoms with E-state index in [1.54, 1.807) is 23.2 Å². The maximum Gasteiger partial charge on any atom is 0.280 e. The van der Waals surface area contributed by atoms with Crippen LogP contribution in [0.3, 0.4) is 0 Å². The molecule has 2 aromatic heterocycles. The van der Waals surface area contributed by atoms with E-state index in [0.29, 0.717) is 24.0 Å². The molecule has 1 N–H and O–H groups in total. The van der Waals surface area contributed by atoms with Gasteiger partial charge in [0.15, 0.2) is 5.69 Å². The number of aromatic amines is 1. The van der Waals surface area contributed by atoms with Crippen LogP contribution in [-0.4, -0.2) is 38.3 Å². The third kappa shape index (κ3) is 3.03. The van der Waals surface area contributed by atoms with Crippen molar-refractivity contribution in [2.45, 2.75) is 25.3 Å². The number of carbonyl (C=O) groups excluding carboxylic acids is 1. The van der Waals surface area contributed by atoms with Crippen molar-refractivity contribution in [3.63, 3.8) is 0 Å². The highest BCUT2D eigenvalue weighted by atomic mass is 16.2. The number of rotatable bonds is 3. The molecule has 1 aromatic carbocycles. The highest BCUT2D eigenvalue weighted by Crippen LogP contribution is 2.22. The molecule has 1 aliphatic rings. The van der Waals surface area contributed by atoms with E-state index in [1.165, 1.54) is 0 Å². The molecule has 1 saturated heterocycles. The molecule has 1 fully saturated rings. The number of likely N-dealkylation sites (tertiary alicyclic amines) is 1. The normalized spacial score (nSPS) is 17.1. The van der Waals surface area contributed by atoms with Gasteiger partial charge in [-0.05, 0) is 37.1 Å². The number of nitrogens with one attached hydrogen (secondary N) is 1. The zero-order chi connectivity index (χ0) is 17.2. The number of H-pyrrole nitrogens is 1. The van der Waals surface area contributed by atoms with E-state index in [4.69, 9.17) is 0 Å². The molecule has 3 aromatic rings. The second-order valence-electron chi connectivity index (χ2n) is 6.25. The fourth-order valence-electron chi connectivity index (χ4n) is 3.39. The van der Waals surface area contributed by atoms with Crippen LogP contribution in [0.4, 0.5) is 0 Å². The van der Waals surface area contributed by atoms with Gasteiger partial charge in [-0.3, -0.25) is 14.6 Å². The molecule has 0 radical (unpaired) electrons. The number of nitrogens with zero attached hydrogens (tertiary/aromatic N) is 3. The minimum atomic E-state index is -0.438. The number of hydrogen-bond donors (Lipinski definition) is 1. The Balaban J connectivity index is 1.63. The fourth-order valence-corrected chi connectivity index (χ4v) is 3.39. The van der Waals surface area contributed by atoms with Crippen molar-refractivity contribution in [1.29, 1.82) is 0 Å². The van der Waals surface area contributed by atoms with Crippen molar-refractivity contribution < 1.29 is 4.79 Å². The van der Waals surface area contributed by atoms with Crippen LogP contribution >= 0.6 is 0 Å². The molecular weight excluding hydrogens is 316 g/mol. The topological polar surface area (TPSA) is 79.0 Å². The average molecular weight is 334 g/mol. The second-order valence-corrected chi connectivity index (χ2v) is 6.25. The number of hydrogen-bond acceptors (Lipinski definition) is 4. The standard InChI is InChI=1S/C19H18N4O2/c24-18-17(21-15-8-1-2-9-16(15)22-18)19(25)23-11-5-7-14(23)12-13-6-3-4-10-20-13/h1-4,6,8-10,14H,5,7,11-12H2,(H,22,24). The van der Waals surface area contributed by atoms with E-state index in [1.807, 2.05) is 30.3 Å². The summed E-state index contributed by atoms with van der Waals surface area (Å²) in [5.74, 6) is -0.301. The van der Waals surface area contributed by atoms with Crippen LogP contribution in [0.15, 0.2) is 53.5 Å². The minimum absolute atomic E-state index is 0.0355. The van der Waals surface area contributed by atoms with Gasteiger partial charge in [0.1, 0.15) is 0 Å². The van der Waals surface area contributed by atoms with Gasteiger partial charge in [-0.15, -0.1) is 0 Å². The van der Waals surface area contributed by atoms with Gasteiger partial charge >= 0.3 is 0 Å². The van der Waals surface area contributed by atoms with E-state index >= 15 is 0 Å². The first kappa shape index (κ1) is 15.5. The molecule has 1 aliphatic heterocycles. The summed E-state index contributed by atoms with van der Waals surface area (Å²) in [6, 6.07) is 13.1. The van der Waals surface area contributed by atoms with Crippen molar-refractivity contribution in [3.05, 3.63) is 70.4 Å². The lowest BCUT2D eigenvalue weighted by Gasteiger charge is -2.24. The monoisotopic (exact) mass is 334 g/mol. The third-order valence-corrected chi connectivity index (χ3v) is 4.61. The first-order chi connectivity index (χ1) is 12.2. The Morgan fingerprint density at radius 3 is 2.88 bits per heavy atom. The Kier molecular flexibility index (Phi) is 4.01. The van der Waals surface area contributed by atoms with Crippen molar-refractivity contribution in [2.75, 3.05) is 6.54 Å². The predicted octanol–water partition coefficient (Wildman–Crippen LogP) is 2.17. The van der Waals surface area contributed by atoms with Gasteiger partial charge in [0.25, 0.3) is 11.5 Å². The molecule has 126 valence electrons. The fraction of sp³-hybridized carbons (Fsp3) is 0.263. The van der Waals surface area contributed by atoms with Gasteiger partial charge in [0.2, 0.25) is 0 Å². The number of para-hydroxylation sites is 2. The molecule has 6 heteroatoms. The van der Waals surface area contributed by atoms with Crippen molar-refractivity contribution >= 4 is 16.9 Å². The quantitative estimate of drug-likeness (QED) is 0.796. The minimum Gasteiger partial charge on any atom is -0.334 e. The summed E-state index contributed by atoms with van der Waals surface area (Å²) in [6.45, 7) is 0.643. The molecule has 0 spiro atoms. The summed E-state index contributed by atoms with van der Waals surface area (Å²) in [5.41, 5.74) is 1.73. The summed E-state index contributed by atoms with van der Waals surface area (Å²) >= 11 is 0. The predicted molar refractivity (Wildman–Crippen MR) is 94.4 cm³/mol. The molecule has 0 saturated carbocycles. The molecule has 1 atom stereocenters. The van der Waals surface area contributed by atoms with Crippen LogP contribution in [-0.2, 0) is 6.42 Å². The zero-order valence-corrected chi connectivity index (χ0v) is 13.7. The van der Waals surface area contributed by atoms with E-state index in [0.717, 1.165) is 18.5 Å². The van der Waals surface area contributed by atoms with Gasteiger partial charge in [-0.2, -0.15) is 0 Å². The Hall–Kier alpha value is -3.02. The van der Waals surface area contributed by atoms with Crippen LogP contribution in [0, 0.1) is 0 Å². The molecule has 4 rings (SSSR count). The smallest absolute Gasteiger partial charge is 0.280 e. The van der Waals surface area contributed by atoms with Gasteiger partial charge in [0, 0.05) is 30.9 Å². The van der Waals surface area contributed by atoms with Crippen LogP contribution in [0.25, 0.3) is 11.0 Å². The summed E-state index contributed by atoms with van der Waals surface area (Å²) < 4.78 is 0. The Bertz CT molecular complexity index is 968. The molecular formula is C19H18N4O2. The lowest BCUT2D eigenvalue weighted by Crippen LogP contribution is -2.40. The number of fused-ring (bicyclic) bond motifs is 1. The van der Waals surface area contributed by atoms with Crippen LogP contribution in [0.1, 0.15) is 29.0 Å². The molecule has 3 heterocycles. The maximum atomic E-state index is 12.9. The first-order valence-electron chi connectivity index (χ1n) is 8.42. The molecule has 0 aliphatic carbocycles. The van der Waals surface area contributed by atoms with E-state index in [2.05, 4.69) is 15.0 Å². The first-order valence-corrected chi connectivity index (χ1v) is 8.42. The van der Waals surface area contributed by atoms with E-state index < -0.39 is 5.56 Å². The molecule has 25 heavy (non-hydrogen) atoms. The number of pyridine rings is 1. The Labute approximate surface area is 144 Å². The van der Waals surface area contributed by atoms with Crippen LogP contribution < -0.4 is 5.56 Å². The summed E-state index contributed by atoms with van der Waals surface area (Å²) in [5, 5.41) is 0. The second kappa shape index (κ2) is 6.47. The molecule has 6 nitrogen and oxygen atoms in total. The van der Waals surface area contributed by atoms with Crippen molar-refractivity contribution in [1.82, 2.24) is 19.9 Å². The lowest BCUT2D eigenvalue weighted by molar-refractivity contribution is 0.0728. The Morgan fingerprint density at radius 2 is 2.04 bits per heavy atom. The largest absolute Gasteiger partial charge is 0.334 e. The third-order valence-electron chi connectivity index (χ3n) is 4.61. The number of carbonyl (C=O) groups is 1. The van der Waals surface area contributed by atoms with Crippen LogP contribution in [0.2, 0.25) is 0 Å². The molecule has 0 bridgehead atoms. The summed E-state index contributed by atoms with van der Waals surface area (Å²) in [7, 11) is 0. The van der Waals surface area contributed by atoms with Gasteiger partial charge < -0.3 is 9.88 Å². The van der Waals surface area contributed by atoms with E-state index in [9.17, 15) is 9.59 Å². The summed E-state index contributed by atoms with van der Waals surface area (Å²) in [4.78, 5) is 38.4. The van der Waals surface area contributed by atoms with Crippen LogP contribution in [0.5, 0.6) is 0 Å². The highest BCUT2D eigenvalue weighted by Gasteiger charge is 2.31. The maximum absolute atomic E-state index is 12.9. The molecule has 1 amide bonds. The van der Waals surface area contributed by atoms with Crippen molar-refractivity contribution in [2.24, 2.45) is 0 Å². The van der Waals surface area contributed by atoms with Gasteiger partial charge in [0.05, 0.1) is 11.0 Å². The van der Waals surface area contributed by atoms with Crippen molar-refractivity contribution in [3.8, 4) is 0 Å².